The third kappa shape index (κ3) is 2.33. The lowest BCUT2D eigenvalue weighted by molar-refractivity contribution is -0.139. The average Bonchev–Trinajstić information content (AvgIpc) is 2.79. The van der Waals surface area contributed by atoms with Crippen LogP contribution in [0.1, 0.15) is 32.1 Å². The molecule has 0 aromatic carbocycles. The van der Waals surface area contributed by atoms with E-state index in [1.54, 1.807) is 0 Å². The van der Waals surface area contributed by atoms with Gasteiger partial charge in [-0.3, -0.25) is 14.5 Å². The van der Waals surface area contributed by atoms with Gasteiger partial charge in [0.15, 0.2) is 11.5 Å². The minimum Gasteiger partial charge on any atom is -0.480 e. The van der Waals surface area contributed by atoms with Crippen LogP contribution in [0, 0.1) is 0 Å². The van der Waals surface area contributed by atoms with Gasteiger partial charge in [0.25, 0.3) is 0 Å². The lowest BCUT2D eigenvalue weighted by atomic mass is 10.2. The molecule has 2 N–H and O–H groups in total. The Balaban J connectivity index is 2.23. The Morgan fingerprint density at radius 3 is 2.94 bits per heavy atom. The number of hydrogen-bond acceptors (Lipinski definition) is 4. The molecule has 0 aliphatic rings. The number of pyridine rings is 1. The number of hydrogen-bond donors (Lipinski definition) is 2. The summed E-state index contributed by atoms with van der Waals surface area (Å²) in [6.07, 6.45) is 2.39. The van der Waals surface area contributed by atoms with E-state index >= 15 is 0 Å². The van der Waals surface area contributed by atoms with Crippen molar-refractivity contribution < 1.29 is 9.90 Å². The fourth-order valence-corrected chi connectivity index (χ4v) is 1.90. The number of nitrogens with zero attached hydrogens (tertiary/aromatic N) is 3. The SMILES string of the molecule is CCC(NC(C)c1nnc2ccccn12)C(=O)O. The third-order valence-electron chi connectivity index (χ3n) is 2.88. The van der Waals surface area contributed by atoms with Crippen LogP contribution in [0.3, 0.4) is 0 Å². The second-order valence-electron chi connectivity index (χ2n) is 4.17. The van der Waals surface area contributed by atoms with Crippen molar-refractivity contribution in [3.63, 3.8) is 0 Å². The molecule has 6 nitrogen and oxygen atoms in total. The zero-order valence-corrected chi connectivity index (χ0v) is 10.4. The van der Waals surface area contributed by atoms with Gasteiger partial charge in [-0.2, -0.15) is 0 Å². The molecule has 2 unspecified atom stereocenters. The lowest BCUT2D eigenvalue weighted by Gasteiger charge is -2.17. The van der Waals surface area contributed by atoms with Crippen molar-refractivity contribution >= 4 is 11.6 Å². The Hall–Kier alpha value is -1.95. The van der Waals surface area contributed by atoms with Crippen molar-refractivity contribution in [1.29, 1.82) is 0 Å². The van der Waals surface area contributed by atoms with Crippen LogP contribution in [0.15, 0.2) is 24.4 Å². The zero-order valence-electron chi connectivity index (χ0n) is 10.4. The molecule has 2 atom stereocenters. The van der Waals surface area contributed by atoms with E-state index in [0.29, 0.717) is 12.2 Å². The Labute approximate surface area is 105 Å². The van der Waals surface area contributed by atoms with Gasteiger partial charge in [0.2, 0.25) is 0 Å². The molecule has 2 rings (SSSR count). The number of fused-ring (bicyclic) bond motifs is 1. The summed E-state index contributed by atoms with van der Waals surface area (Å²) in [4.78, 5) is 11.0. The van der Waals surface area contributed by atoms with Gasteiger partial charge in [0.05, 0.1) is 6.04 Å². The van der Waals surface area contributed by atoms with Gasteiger partial charge in [-0.05, 0) is 25.5 Å². The number of carboxylic acids is 1. The van der Waals surface area contributed by atoms with Crippen LogP contribution in [-0.2, 0) is 4.79 Å². The molecule has 0 amide bonds. The molecule has 96 valence electrons. The summed E-state index contributed by atoms with van der Waals surface area (Å²) in [5.74, 6) is -0.136. The molecule has 0 saturated carbocycles. The smallest absolute Gasteiger partial charge is 0.320 e. The fraction of sp³-hybridized carbons (Fsp3) is 0.417. The van der Waals surface area contributed by atoms with Crippen molar-refractivity contribution in [2.24, 2.45) is 0 Å². The van der Waals surface area contributed by atoms with Gasteiger partial charge >= 0.3 is 5.97 Å². The first-order valence-electron chi connectivity index (χ1n) is 5.92. The largest absolute Gasteiger partial charge is 0.480 e. The Morgan fingerprint density at radius 1 is 1.50 bits per heavy atom. The molecule has 0 spiro atoms. The van der Waals surface area contributed by atoms with Crippen LogP contribution >= 0.6 is 0 Å². The molecular formula is C12H16N4O2. The van der Waals surface area contributed by atoms with Crippen LogP contribution in [0.4, 0.5) is 0 Å². The number of aliphatic carboxylic acids is 1. The van der Waals surface area contributed by atoms with Crippen molar-refractivity contribution in [3.05, 3.63) is 30.2 Å². The summed E-state index contributed by atoms with van der Waals surface area (Å²) < 4.78 is 1.85. The predicted octanol–water partition coefficient (Wildman–Crippen LogP) is 1.24. The Bertz CT molecular complexity index is 552. The second-order valence-corrected chi connectivity index (χ2v) is 4.17. The molecule has 0 fully saturated rings. The second kappa shape index (κ2) is 5.14. The van der Waals surface area contributed by atoms with Crippen LogP contribution in [0.25, 0.3) is 5.65 Å². The maximum atomic E-state index is 11.0. The monoisotopic (exact) mass is 248 g/mol. The van der Waals surface area contributed by atoms with E-state index in [1.807, 2.05) is 42.6 Å². The molecule has 0 aliphatic carbocycles. The molecule has 0 bridgehead atoms. The normalized spacial score (nSPS) is 14.6. The highest BCUT2D eigenvalue weighted by atomic mass is 16.4. The van der Waals surface area contributed by atoms with E-state index in [9.17, 15) is 4.79 Å². The van der Waals surface area contributed by atoms with Gasteiger partial charge in [0, 0.05) is 6.20 Å². The van der Waals surface area contributed by atoms with E-state index in [0.717, 1.165) is 5.65 Å². The molecule has 2 aromatic rings. The molecule has 18 heavy (non-hydrogen) atoms. The summed E-state index contributed by atoms with van der Waals surface area (Å²) >= 11 is 0. The first-order chi connectivity index (χ1) is 8.63. The standard InChI is InChI=1S/C12H16N4O2/c1-3-9(12(17)18)13-8(2)11-15-14-10-6-4-5-7-16(10)11/h4-9,13H,3H2,1-2H3,(H,17,18). The molecule has 0 radical (unpaired) electrons. The Morgan fingerprint density at radius 2 is 2.28 bits per heavy atom. The van der Waals surface area contributed by atoms with E-state index in [2.05, 4.69) is 15.5 Å². The van der Waals surface area contributed by atoms with Gasteiger partial charge in [-0.1, -0.05) is 13.0 Å². The van der Waals surface area contributed by atoms with Crippen LogP contribution in [0.5, 0.6) is 0 Å². The maximum absolute atomic E-state index is 11.0. The summed E-state index contributed by atoms with van der Waals surface area (Å²) in [6, 6.07) is 4.89. The molecule has 0 saturated heterocycles. The number of carboxylic acid groups (broad SMARTS) is 1. The van der Waals surface area contributed by atoms with Crippen LogP contribution in [-0.4, -0.2) is 31.7 Å². The Kier molecular flexibility index (Phi) is 3.57. The van der Waals surface area contributed by atoms with Crippen molar-refractivity contribution in [2.45, 2.75) is 32.4 Å². The first kappa shape index (κ1) is 12.5. The summed E-state index contributed by atoms with van der Waals surface area (Å²) in [7, 11) is 0. The summed E-state index contributed by atoms with van der Waals surface area (Å²) in [5, 5.41) is 20.2. The highest BCUT2D eigenvalue weighted by molar-refractivity contribution is 5.73. The molecule has 2 heterocycles. The molecule has 2 aromatic heterocycles. The first-order valence-corrected chi connectivity index (χ1v) is 5.92. The average molecular weight is 248 g/mol. The topological polar surface area (TPSA) is 79.5 Å². The van der Waals surface area contributed by atoms with Crippen molar-refractivity contribution in [2.75, 3.05) is 0 Å². The minimum atomic E-state index is -0.849. The molecular weight excluding hydrogens is 232 g/mol. The van der Waals surface area contributed by atoms with Crippen LogP contribution < -0.4 is 5.32 Å². The molecule has 6 heteroatoms. The minimum absolute atomic E-state index is 0.177. The number of rotatable bonds is 5. The zero-order chi connectivity index (χ0) is 13.1. The van der Waals surface area contributed by atoms with E-state index in [4.69, 9.17) is 5.11 Å². The van der Waals surface area contributed by atoms with Gasteiger partial charge in [-0.25, -0.2) is 0 Å². The van der Waals surface area contributed by atoms with E-state index in [1.165, 1.54) is 0 Å². The fourth-order valence-electron chi connectivity index (χ4n) is 1.90. The molecule has 0 aliphatic heterocycles. The van der Waals surface area contributed by atoms with Crippen LogP contribution in [0.2, 0.25) is 0 Å². The quantitative estimate of drug-likeness (QED) is 0.832. The summed E-state index contributed by atoms with van der Waals surface area (Å²) in [6.45, 7) is 3.72. The number of aromatic nitrogens is 3. The summed E-state index contributed by atoms with van der Waals surface area (Å²) in [5.41, 5.74) is 0.754. The van der Waals surface area contributed by atoms with Gasteiger partial charge in [-0.15, -0.1) is 10.2 Å². The van der Waals surface area contributed by atoms with Crippen molar-refractivity contribution in [1.82, 2.24) is 19.9 Å². The number of nitrogens with one attached hydrogen (secondary N) is 1. The van der Waals surface area contributed by atoms with E-state index in [-0.39, 0.29) is 6.04 Å². The predicted molar refractivity (Wildman–Crippen MR) is 66.3 cm³/mol. The van der Waals surface area contributed by atoms with Crippen molar-refractivity contribution in [3.8, 4) is 0 Å². The van der Waals surface area contributed by atoms with E-state index < -0.39 is 12.0 Å². The lowest BCUT2D eigenvalue weighted by Crippen LogP contribution is -2.38. The number of carbonyl (C=O) groups is 1. The maximum Gasteiger partial charge on any atom is 0.320 e. The highest BCUT2D eigenvalue weighted by Crippen LogP contribution is 2.13. The van der Waals surface area contributed by atoms with Gasteiger partial charge < -0.3 is 5.11 Å². The van der Waals surface area contributed by atoms with Gasteiger partial charge in [0.1, 0.15) is 6.04 Å². The third-order valence-corrected chi connectivity index (χ3v) is 2.88. The highest BCUT2D eigenvalue weighted by Gasteiger charge is 2.20.